The molecule has 0 radical (unpaired) electrons. The van der Waals surface area contributed by atoms with Crippen molar-refractivity contribution in [2.75, 3.05) is 5.75 Å². The number of aliphatic hydroxyl groups is 1. The minimum atomic E-state index is -4.36. The average molecular weight is 690 g/mol. The summed E-state index contributed by atoms with van der Waals surface area (Å²) in [5.41, 5.74) is 0. The molecule has 48 heavy (non-hydrogen) atoms. The predicted octanol–water partition coefficient (Wildman–Crippen LogP) is 11.1. The standard InChI is InChI=1S/C41H71NO5S/c1-3-5-7-9-11-13-15-17-19-20-21-22-23-25-27-29-31-33-35-37-41(44)42-39(38-48(45,46)47)40(43)36-34-32-30-28-26-24-18-16-14-12-10-8-6-4-2/h11,13-14,16-17,19,21-22,26,28,34,36,39-40,43H,3-10,12,15,18,20,23-25,27,29-33,35,37-38H2,1-2H3,(H,42,44)(H,45,46,47)/b13-11-,16-14+,19-17-,22-21-,28-26+,36-34+. The van der Waals surface area contributed by atoms with Crippen LogP contribution in [0.5, 0.6) is 0 Å². The molecule has 0 aliphatic rings. The first-order chi connectivity index (χ1) is 23.3. The van der Waals surface area contributed by atoms with Gasteiger partial charge in [0.1, 0.15) is 0 Å². The second-order valence-electron chi connectivity index (χ2n) is 12.8. The molecule has 0 bridgehead atoms. The van der Waals surface area contributed by atoms with Crippen LogP contribution in [0, 0.1) is 0 Å². The summed E-state index contributed by atoms with van der Waals surface area (Å²) in [6, 6.07) is -1.09. The summed E-state index contributed by atoms with van der Waals surface area (Å²) in [5.74, 6) is -1.03. The Balaban J connectivity index is 4.07. The lowest BCUT2D eigenvalue weighted by Gasteiger charge is -2.21. The molecular formula is C41H71NO5S. The van der Waals surface area contributed by atoms with Crippen molar-refractivity contribution in [1.82, 2.24) is 5.32 Å². The first-order valence-corrected chi connectivity index (χ1v) is 20.7. The van der Waals surface area contributed by atoms with Crippen molar-refractivity contribution in [3.8, 4) is 0 Å². The summed E-state index contributed by atoms with van der Waals surface area (Å²) < 4.78 is 32.4. The van der Waals surface area contributed by atoms with Crippen molar-refractivity contribution in [2.45, 2.75) is 174 Å². The third-order valence-electron chi connectivity index (χ3n) is 8.08. The summed E-state index contributed by atoms with van der Waals surface area (Å²) in [6.07, 6.45) is 48.8. The number of nitrogens with one attached hydrogen (secondary N) is 1. The smallest absolute Gasteiger partial charge is 0.267 e. The number of aliphatic hydroxyl groups excluding tert-OH is 1. The molecule has 0 rings (SSSR count). The second kappa shape index (κ2) is 34.6. The number of hydrogen-bond donors (Lipinski definition) is 3. The maximum Gasteiger partial charge on any atom is 0.267 e. The molecule has 0 aromatic heterocycles. The topological polar surface area (TPSA) is 104 Å². The zero-order valence-electron chi connectivity index (χ0n) is 30.6. The maximum atomic E-state index is 12.5. The van der Waals surface area contributed by atoms with Crippen LogP contribution in [0.1, 0.15) is 162 Å². The summed E-state index contributed by atoms with van der Waals surface area (Å²) in [4.78, 5) is 12.5. The number of carbonyl (C=O) groups excluding carboxylic acids is 1. The molecule has 0 saturated carbocycles. The van der Waals surface area contributed by atoms with Gasteiger partial charge in [-0.25, -0.2) is 0 Å². The van der Waals surface area contributed by atoms with Gasteiger partial charge in [-0.1, -0.05) is 145 Å². The Bertz CT molecular complexity index is 1030. The van der Waals surface area contributed by atoms with E-state index >= 15 is 0 Å². The van der Waals surface area contributed by atoms with E-state index in [9.17, 15) is 22.9 Å². The van der Waals surface area contributed by atoms with Crippen LogP contribution in [0.2, 0.25) is 0 Å². The van der Waals surface area contributed by atoms with E-state index in [-0.39, 0.29) is 12.3 Å². The van der Waals surface area contributed by atoms with Gasteiger partial charge in [0.2, 0.25) is 5.91 Å². The van der Waals surface area contributed by atoms with Gasteiger partial charge in [0, 0.05) is 6.42 Å². The van der Waals surface area contributed by atoms with Gasteiger partial charge in [-0.2, -0.15) is 8.42 Å². The fourth-order valence-corrected chi connectivity index (χ4v) is 5.93. The van der Waals surface area contributed by atoms with Crippen LogP contribution >= 0.6 is 0 Å². The lowest BCUT2D eigenvalue weighted by molar-refractivity contribution is -0.122. The highest BCUT2D eigenvalue weighted by molar-refractivity contribution is 7.85. The van der Waals surface area contributed by atoms with Crippen molar-refractivity contribution in [1.29, 1.82) is 0 Å². The molecule has 1 amide bonds. The normalized spacial score (nSPS) is 14.2. The minimum Gasteiger partial charge on any atom is -0.387 e. The van der Waals surface area contributed by atoms with E-state index in [4.69, 9.17) is 0 Å². The number of rotatable bonds is 33. The molecular weight excluding hydrogens is 619 g/mol. The molecule has 0 spiro atoms. The molecule has 2 unspecified atom stereocenters. The van der Waals surface area contributed by atoms with Crippen molar-refractivity contribution in [2.24, 2.45) is 0 Å². The van der Waals surface area contributed by atoms with Crippen molar-refractivity contribution < 1.29 is 22.9 Å². The third-order valence-corrected chi connectivity index (χ3v) is 8.86. The van der Waals surface area contributed by atoms with Gasteiger partial charge in [-0.15, -0.1) is 0 Å². The van der Waals surface area contributed by atoms with Gasteiger partial charge in [-0.3, -0.25) is 9.35 Å². The van der Waals surface area contributed by atoms with E-state index in [0.29, 0.717) is 12.8 Å². The van der Waals surface area contributed by atoms with E-state index < -0.39 is 28.0 Å². The van der Waals surface area contributed by atoms with E-state index in [0.717, 1.165) is 77.0 Å². The SMILES string of the molecule is CCCCC/C=C\C/C=C\C/C=C\CCCCCCCCC(=O)NC(CS(=O)(=O)O)C(O)/C=C/CC/C=C/CC/C=C/CCCCCC. The molecule has 0 aromatic rings. The van der Waals surface area contributed by atoms with Crippen LogP contribution in [0.15, 0.2) is 72.9 Å². The molecule has 3 N–H and O–H groups in total. The second-order valence-corrected chi connectivity index (χ2v) is 14.3. The first kappa shape index (κ1) is 45.8. The molecule has 276 valence electrons. The average Bonchev–Trinajstić information content (AvgIpc) is 3.05. The Morgan fingerprint density at radius 2 is 0.958 bits per heavy atom. The van der Waals surface area contributed by atoms with Crippen LogP contribution in [0.3, 0.4) is 0 Å². The zero-order chi connectivity index (χ0) is 35.4. The van der Waals surface area contributed by atoms with Gasteiger partial charge in [0.15, 0.2) is 0 Å². The Morgan fingerprint density at radius 3 is 1.50 bits per heavy atom. The summed E-state index contributed by atoms with van der Waals surface area (Å²) in [7, 11) is -4.36. The minimum absolute atomic E-state index is 0.266. The number of allylic oxidation sites excluding steroid dienone is 11. The van der Waals surface area contributed by atoms with E-state index in [1.54, 1.807) is 6.08 Å². The van der Waals surface area contributed by atoms with E-state index in [2.05, 4.69) is 79.9 Å². The largest absolute Gasteiger partial charge is 0.387 e. The Kier molecular flexibility index (Phi) is 33.0. The molecule has 6 nitrogen and oxygen atoms in total. The van der Waals surface area contributed by atoms with Crippen molar-refractivity contribution in [3.05, 3.63) is 72.9 Å². The van der Waals surface area contributed by atoms with Crippen LogP contribution in [-0.4, -0.2) is 41.9 Å². The van der Waals surface area contributed by atoms with Crippen LogP contribution in [-0.2, 0) is 14.9 Å². The summed E-state index contributed by atoms with van der Waals surface area (Å²) in [6.45, 7) is 4.46. The highest BCUT2D eigenvalue weighted by atomic mass is 32.2. The summed E-state index contributed by atoms with van der Waals surface area (Å²) in [5, 5.41) is 13.1. The number of amides is 1. The van der Waals surface area contributed by atoms with Crippen molar-refractivity contribution in [3.63, 3.8) is 0 Å². The maximum absolute atomic E-state index is 12.5. The third kappa shape index (κ3) is 35.1. The molecule has 2 atom stereocenters. The Hall–Kier alpha value is -2.22. The summed E-state index contributed by atoms with van der Waals surface area (Å²) >= 11 is 0. The highest BCUT2D eigenvalue weighted by Crippen LogP contribution is 2.11. The van der Waals surface area contributed by atoms with Crippen LogP contribution in [0.4, 0.5) is 0 Å². The monoisotopic (exact) mass is 690 g/mol. The fraction of sp³-hybridized carbons (Fsp3) is 0.683. The Morgan fingerprint density at radius 1 is 0.562 bits per heavy atom. The molecule has 0 aromatic carbocycles. The molecule has 0 aliphatic carbocycles. The number of carbonyl (C=O) groups is 1. The molecule has 0 fully saturated rings. The van der Waals surface area contributed by atoms with Gasteiger partial charge in [0.25, 0.3) is 10.1 Å². The number of hydrogen-bond acceptors (Lipinski definition) is 4. The highest BCUT2D eigenvalue weighted by Gasteiger charge is 2.24. The van der Waals surface area contributed by atoms with Crippen LogP contribution in [0.25, 0.3) is 0 Å². The first-order valence-electron chi connectivity index (χ1n) is 19.1. The van der Waals surface area contributed by atoms with Gasteiger partial charge in [-0.05, 0) is 83.5 Å². The van der Waals surface area contributed by atoms with Crippen LogP contribution < -0.4 is 5.32 Å². The molecule has 0 aliphatic heterocycles. The fourth-order valence-electron chi connectivity index (χ4n) is 5.19. The van der Waals surface area contributed by atoms with Gasteiger partial charge < -0.3 is 10.4 Å². The zero-order valence-corrected chi connectivity index (χ0v) is 31.4. The quantitative estimate of drug-likeness (QED) is 0.0361. The van der Waals surface area contributed by atoms with E-state index in [1.807, 2.05) is 0 Å². The lowest BCUT2D eigenvalue weighted by atomic mass is 10.1. The lowest BCUT2D eigenvalue weighted by Crippen LogP contribution is -2.46. The molecule has 7 heteroatoms. The van der Waals surface area contributed by atoms with Gasteiger partial charge >= 0.3 is 0 Å². The van der Waals surface area contributed by atoms with E-state index in [1.165, 1.54) is 57.4 Å². The molecule has 0 saturated heterocycles. The number of unbranched alkanes of at least 4 members (excludes halogenated alkanes) is 15. The Labute approximate surface area is 295 Å². The van der Waals surface area contributed by atoms with Gasteiger partial charge in [0.05, 0.1) is 17.9 Å². The predicted molar refractivity (Wildman–Crippen MR) is 207 cm³/mol. The van der Waals surface area contributed by atoms with Crippen molar-refractivity contribution >= 4 is 16.0 Å². The molecule has 0 heterocycles.